The number of amides is 1. The van der Waals surface area contributed by atoms with E-state index < -0.39 is 0 Å². The highest BCUT2D eigenvalue weighted by Gasteiger charge is 2.02. The number of carbonyl (C=O) groups is 1. The van der Waals surface area contributed by atoms with Gasteiger partial charge in [-0.25, -0.2) is 0 Å². The van der Waals surface area contributed by atoms with Crippen LogP contribution in [-0.4, -0.2) is 18.5 Å². The van der Waals surface area contributed by atoms with Gasteiger partial charge in [-0.2, -0.15) is 0 Å². The maximum absolute atomic E-state index is 11.3. The third kappa shape index (κ3) is 9.73. The van der Waals surface area contributed by atoms with E-state index in [1.54, 1.807) is 0 Å². The van der Waals surface area contributed by atoms with E-state index in [0.717, 1.165) is 25.8 Å². The summed E-state index contributed by atoms with van der Waals surface area (Å²) in [5.41, 5.74) is 5.75. The van der Waals surface area contributed by atoms with Gasteiger partial charge in [0.15, 0.2) is 0 Å². The molecular formula is C12H26N2O. The van der Waals surface area contributed by atoms with Crippen molar-refractivity contribution < 1.29 is 4.79 Å². The molecule has 1 atom stereocenters. The Morgan fingerprint density at radius 1 is 1.27 bits per heavy atom. The largest absolute Gasteiger partial charge is 0.356 e. The molecule has 0 heterocycles. The first-order chi connectivity index (χ1) is 7.20. The van der Waals surface area contributed by atoms with Gasteiger partial charge in [-0.3, -0.25) is 4.79 Å². The molecule has 0 rings (SSSR count). The van der Waals surface area contributed by atoms with Crippen LogP contribution in [0.5, 0.6) is 0 Å². The van der Waals surface area contributed by atoms with Crippen LogP contribution < -0.4 is 11.1 Å². The monoisotopic (exact) mass is 214 g/mol. The highest BCUT2D eigenvalue weighted by atomic mass is 16.1. The third-order valence-electron chi connectivity index (χ3n) is 2.62. The van der Waals surface area contributed by atoms with Gasteiger partial charge < -0.3 is 11.1 Å². The lowest BCUT2D eigenvalue weighted by molar-refractivity contribution is -0.121. The second-order valence-electron chi connectivity index (χ2n) is 4.12. The Bertz CT molecular complexity index is 160. The SMILES string of the molecule is CCCCCCC(=O)NCCC(N)CC. The molecule has 0 aliphatic heterocycles. The standard InChI is InChI=1S/C12H26N2O/c1-3-5-6-7-8-12(15)14-10-9-11(13)4-2/h11H,3-10,13H2,1-2H3,(H,14,15). The Kier molecular flexibility index (Phi) is 9.59. The van der Waals surface area contributed by atoms with Gasteiger partial charge in [0.2, 0.25) is 5.91 Å². The number of nitrogens with two attached hydrogens (primary N) is 1. The van der Waals surface area contributed by atoms with Crippen molar-refractivity contribution in [2.24, 2.45) is 5.73 Å². The molecule has 0 radical (unpaired) electrons. The van der Waals surface area contributed by atoms with Crippen LogP contribution in [0.15, 0.2) is 0 Å². The van der Waals surface area contributed by atoms with E-state index in [0.29, 0.717) is 6.42 Å². The molecule has 0 aromatic carbocycles. The lowest BCUT2D eigenvalue weighted by Gasteiger charge is -2.09. The van der Waals surface area contributed by atoms with Gasteiger partial charge >= 0.3 is 0 Å². The maximum atomic E-state index is 11.3. The minimum Gasteiger partial charge on any atom is -0.356 e. The van der Waals surface area contributed by atoms with E-state index in [1.807, 2.05) is 0 Å². The lowest BCUT2D eigenvalue weighted by atomic mass is 10.1. The summed E-state index contributed by atoms with van der Waals surface area (Å²) in [6.45, 7) is 4.96. The molecule has 0 aromatic heterocycles. The van der Waals surface area contributed by atoms with Crippen LogP contribution in [0.3, 0.4) is 0 Å². The van der Waals surface area contributed by atoms with E-state index in [1.165, 1.54) is 19.3 Å². The van der Waals surface area contributed by atoms with Crippen molar-refractivity contribution in [3.05, 3.63) is 0 Å². The fourth-order valence-electron chi connectivity index (χ4n) is 1.40. The van der Waals surface area contributed by atoms with Crippen molar-refractivity contribution in [1.82, 2.24) is 5.32 Å². The first-order valence-electron chi connectivity index (χ1n) is 6.23. The number of hydrogen-bond donors (Lipinski definition) is 2. The number of unbranched alkanes of at least 4 members (excludes halogenated alkanes) is 3. The van der Waals surface area contributed by atoms with Crippen molar-refractivity contribution >= 4 is 5.91 Å². The minimum absolute atomic E-state index is 0.175. The predicted molar refractivity (Wildman–Crippen MR) is 64.7 cm³/mol. The van der Waals surface area contributed by atoms with Crippen LogP contribution >= 0.6 is 0 Å². The average molecular weight is 214 g/mol. The van der Waals surface area contributed by atoms with Crippen molar-refractivity contribution in [2.45, 2.75) is 64.8 Å². The lowest BCUT2D eigenvalue weighted by Crippen LogP contribution is -2.29. The summed E-state index contributed by atoms with van der Waals surface area (Å²) < 4.78 is 0. The second kappa shape index (κ2) is 9.97. The zero-order valence-electron chi connectivity index (χ0n) is 10.2. The zero-order chi connectivity index (χ0) is 11.5. The van der Waals surface area contributed by atoms with E-state index in [4.69, 9.17) is 5.73 Å². The fourth-order valence-corrected chi connectivity index (χ4v) is 1.40. The van der Waals surface area contributed by atoms with Crippen LogP contribution in [0.2, 0.25) is 0 Å². The van der Waals surface area contributed by atoms with Crippen LogP contribution in [0, 0.1) is 0 Å². The Balaban J connectivity index is 3.26. The van der Waals surface area contributed by atoms with Crippen LogP contribution in [0.4, 0.5) is 0 Å². The first kappa shape index (κ1) is 14.4. The molecule has 3 nitrogen and oxygen atoms in total. The van der Waals surface area contributed by atoms with Crippen molar-refractivity contribution in [2.75, 3.05) is 6.54 Å². The Hall–Kier alpha value is -0.570. The summed E-state index contributed by atoms with van der Waals surface area (Å²) in [6, 6.07) is 0.227. The highest BCUT2D eigenvalue weighted by Crippen LogP contribution is 2.02. The number of carbonyl (C=O) groups excluding carboxylic acids is 1. The maximum Gasteiger partial charge on any atom is 0.219 e. The molecule has 0 saturated heterocycles. The number of rotatable bonds is 9. The predicted octanol–water partition coefficient (Wildman–Crippen LogP) is 2.20. The Morgan fingerprint density at radius 3 is 2.60 bits per heavy atom. The van der Waals surface area contributed by atoms with Gasteiger partial charge in [0.1, 0.15) is 0 Å². The van der Waals surface area contributed by atoms with Gasteiger partial charge in [-0.15, -0.1) is 0 Å². The summed E-state index contributed by atoms with van der Waals surface area (Å²) in [4.78, 5) is 11.3. The first-order valence-corrected chi connectivity index (χ1v) is 6.23. The number of nitrogens with one attached hydrogen (secondary N) is 1. The van der Waals surface area contributed by atoms with Crippen molar-refractivity contribution in [1.29, 1.82) is 0 Å². The molecule has 90 valence electrons. The van der Waals surface area contributed by atoms with Gasteiger partial charge in [-0.05, 0) is 19.3 Å². The van der Waals surface area contributed by atoms with Crippen LogP contribution in [0.1, 0.15) is 58.8 Å². The molecule has 3 N–H and O–H groups in total. The summed E-state index contributed by atoms with van der Waals surface area (Å²) in [6.07, 6.45) is 7.16. The molecule has 15 heavy (non-hydrogen) atoms. The molecule has 0 aliphatic carbocycles. The molecule has 0 aromatic rings. The van der Waals surface area contributed by atoms with Crippen LogP contribution in [0.25, 0.3) is 0 Å². The van der Waals surface area contributed by atoms with Gasteiger partial charge in [0.25, 0.3) is 0 Å². The van der Waals surface area contributed by atoms with Gasteiger partial charge in [0.05, 0.1) is 0 Å². The zero-order valence-corrected chi connectivity index (χ0v) is 10.2. The molecule has 0 saturated carbocycles. The highest BCUT2D eigenvalue weighted by molar-refractivity contribution is 5.75. The van der Waals surface area contributed by atoms with E-state index in [2.05, 4.69) is 19.2 Å². The third-order valence-corrected chi connectivity index (χ3v) is 2.62. The molecule has 1 unspecified atom stereocenters. The Labute approximate surface area is 93.8 Å². The number of hydrogen-bond acceptors (Lipinski definition) is 2. The summed E-state index contributed by atoms with van der Waals surface area (Å²) >= 11 is 0. The molecule has 0 spiro atoms. The topological polar surface area (TPSA) is 55.1 Å². The smallest absolute Gasteiger partial charge is 0.219 e. The average Bonchev–Trinajstić information content (AvgIpc) is 2.24. The summed E-state index contributed by atoms with van der Waals surface area (Å²) in [5.74, 6) is 0.175. The second-order valence-corrected chi connectivity index (χ2v) is 4.12. The molecule has 0 fully saturated rings. The summed E-state index contributed by atoms with van der Waals surface area (Å²) in [5, 5.41) is 2.91. The van der Waals surface area contributed by atoms with Crippen molar-refractivity contribution in [3.8, 4) is 0 Å². The minimum atomic E-state index is 0.175. The normalized spacial score (nSPS) is 12.5. The van der Waals surface area contributed by atoms with Gasteiger partial charge in [-0.1, -0.05) is 33.1 Å². The molecule has 0 bridgehead atoms. The molecular weight excluding hydrogens is 188 g/mol. The summed E-state index contributed by atoms with van der Waals surface area (Å²) in [7, 11) is 0. The quantitative estimate of drug-likeness (QED) is 0.578. The fraction of sp³-hybridized carbons (Fsp3) is 0.917. The molecule has 1 amide bonds. The molecule has 0 aliphatic rings. The Morgan fingerprint density at radius 2 is 2.00 bits per heavy atom. The van der Waals surface area contributed by atoms with E-state index >= 15 is 0 Å². The van der Waals surface area contributed by atoms with E-state index in [-0.39, 0.29) is 11.9 Å². The van der Waals surface area contributed by atoms with Gasteiger partial charge in [0, 0.05) is 19.0 Å². The molecule has 3 heteroatoms. The van der Waals surface area contributed by atoms with Crippen molar-refractivity contribution in [3.63, 3.8) is 0 Å². The van der Waals surface area contributed by atoms with Crippen LogP contribution in [-0.2, 0) is 4.79 Å². The van der Waals surface area contributed by atoms with E-state index in [9.17, 15) is 4.79 Å².